The Kier molecular flexibility index (Phi) is 2.64. The van der Waals surface area contributed by atoms with Crippen molar-refractivity contribution >= 4 is 0 Å². The van der Waals surface area contributed by atoms with Crippen LogP contribution in [0.1, 0.15) is 48.8 Å². The summed E-state index contributed by atoms with van der Waals surface area (Å²) in [5, 5.41) is 3.35. The highest BCUT2D eigenvalue weighted by Gasteiger charge is 2.25. The second-order valence-corrected chi connectivity index (χ2v) is 5.07. The van der Waals surface area contributed by atoms with Gasteiger partial charge in [-0.2, -0.15) is 0 Å². The number of hydrogen-bond donors (Lipinski definition) is 1. The molecule has 0 spiro atoms. The van der Waals surface area contributed by atoms with Gasteiger partial charge in [-0.1, -0.05) is 0 Å². The molecule has 1 aromatic heterocycles. The summed E-state index contributed by atoms with van der Waals surface area (Å²) in [5.74, 6) is 1.94. The van der Waals surface area contributed by atoms with Gasteiger partial charge in [-0.3, -0.25) is 0 Å². The molecule has 86 valence electrons. The summed E-state index contributed by atoms with van der Waals surface area (Å²) in [4.78, 5) is 9.26. The molecule has 1 atom stereocenters. The molecule has 2 aliphatic rings. The van der Waals surface area contributed by atoms with E-state index in [0.29, 0.717) is 6.04 Å². The first-order valence-corrected chi connectivity index (χ1v) is 6.39. The molecule has 1 N–H and O–H groups in total. The summed E-state index contributed by atoms with van der Waals surface area (Å²) in [6.07, 6.45) is 9.50. The Morgan fingerprint density at radius 1 is 1.38 bits per heavy atom. The van der Waals surface area contributed by atoms with Gasteiger partial charge in [-0.05, 0) is 45.1 Å². The van der Waals surface area contributed by atoms with Gasteiger partial charge in [0.05, 0.1) is 0 Å². The average molecular weight is 217 g/mol. The first-order chi connectivity index (χ1) is 7.86. The third-order valence-corrected chi connectivity index (χ3v) is 3.75. The summed E-state index contributed by atoms with van der Waals surface area (Å²) in [7, 11) is 2.03. The minimum Gasteiger partial charge on any atom is -0.313 e. The highest BCUT2D eigenvalue weighted by atomic mass is 14.9. The zero-order valence-electron chi connectivity index (χ0n) is 9.87. The Balaban J connectivity index is 1.85. The molecular formula is C13H19N3. The monoisotopic (exact) mass is 217 g/mol. The van der Waals surface area contributed by atoms with Crippen LogP contribution in [-0.4, -0.2) is 17.0 Å². The van der Waals surface area contributed by atoms with Crippen LogP contribution in [0.15, 0.2) is 6.20 Å². The minimum atomic E-state index is 0.471. The standard InChI is InChI=1S/C13H19N3/c1-14-11-3-2-4-12-10(11)8-15-13(16-12)7-9-5-6-9/h8-9,11,14H,2-7H2,1H3. The zero-order chi connectivity index (χ0) is 11.0. The molecule has 1 fully saturated rings. The average Bonchev–Trinajstić information content (AvgIpc) is 3.12. The van der Waals surface area contributed by atoms with E-state index >= 15 is 0 Å². The SMILES string of the molecule is CNC1CCCc2nc(CC3CC3)ncc21. The normalized spacial score (nSPS) is 24.2. The lowest BCUT2D eigenvalue weighted by Crippen LogP contribution is -2.23. The Morgan fingerprint density at radius 3 is 3.00 bits per heavy atom. The van der Waals surface area contributed by atoms with Crippen molar-refractivity contribution < 1.29 is 0 Å². The summed E-state index contributed by atoms with van der Waals surface area (Å²) < 4.78 is 0. The number of aromatic nitrogens is 2. The summed E-state index contributed by atoms with van der Waals surface area (Å²) >= 11 is 0. The topological polar surface area (TPSA) is 37.8 Å². The number of rotatable bonds is 3. The van der Waals surface area contributed by atoms with E-state index in [2.05, 4.69) is 16.5 Å². The fourth-order valence-corrected chi connectivity index (χ4v) is 2.57. The lowest BCUT2D eigenvalue weighted by molar-refractivity contribution is 0.484. The van der Waals surface area contributed by atoms with E-state index in [0.717, 1.165) is 24.6 Å². The molecule has 0 saturated heterocycles. The lowest BCUT2D eigenvalue weighted by Gasteiger charge is -2.24. The van der Waals surface area contributed by atoms with Crippen LogP contribution < -0.4 is 5.32 Å². The summed E-state index contributed by atoms with van der Waals surface area (Å²) in [5.41, 5.74) is 2.62. The highest BCUT2D eigenvalue weighted by molar-refractivity contribution is 5.24. The van der Waals surface area contributed by atoms with E-state index in [1.807, 2.05) is 7.05 Å². The van der Waals surface area contributed by atoms with Gasteiger partial charge in [0.2, 0.25) is 0 Å². The second-order valence-electron chi connectivity index (χ2n) is 5.07. The second kappa shape index (κ2) is 4.13. The molecule has 0 aliphatic heterocycles. The number of fused-ring (bicyclic) bond motifs is 1. The van der Waals surface area contributed by atoms with Crippen LogP contribution >= 0.6 is 0 Å². The van der Waals surface area contributed by atoms with Gasteiger partial charge in [0.1, 0.15) is 5.82 Å². The fourth-order valence-electron chi connectivity index (χ4n) is 2.57. The molecule has 0 bridgehead atoms. The molecule has 1 saturated carbocycles. The third kappa shape index (κ3) is 1.96. The molecule has 3 nitrogen and oxygen atoms in total. The van der Waals surface area contributed by atoms with E-state index < -0.39 is 0 Å². The molecular weight excluding hydrogens is 198 g/mol. The van der Waals surface area contributed by atoms with Crippen LogP contribution in [0.5, 0.6) is 0 Å². The number of nitrogens with zero attached hydrogens (tertiary/aromatic N) is 2. The lowest BCUT2D eigenvalue weighted by atomic mass is 9.92. The minimum absolute atomic E-state index is 0.471. The number of nitrogens with one attached hydrogen (secondary N) is 1. The van der Waals surface area contributed by atoms with Crippen molar-refractivity contribution in [1.29, 1.82) is 0 Å². The third-order valence-electron chi connectivity index (χ3n) is 3.75. The molecule has 1 aromatic rings. The van der Waals surface area contributed by atoms with Crippen molar-refractivity contribution in [2.75, 3.05) is 7.05 Å². The molecule has 16 heavy (non-hydrogen) atoms. The summed E-state index contributed by atoms with van der Waals surface area (Å²) in [6, 6.07) is 0.471. The van der Waals surface area contributed by atoms with Gasteiger partial charge in [-0.25, -0.2) is 9.97 Å². The molecule has 2 aliphatic carbocycles. The molecule has 0 amide bonds. The van der Waals surface area contributed by atoms with E-state index in [9.17, 15) is 0 Å². The maximum absolute atomic E-state index is 4.74. The maximum Gasteiger partial charge on any atom is 0.128 e. The Labute approximate surface area is 96.7 Å². The van der Waals surface area contributed by atoms with Gasteiger partial charge < -0.3 is 5.32 Å². The van der Waals surface area contributed by atoms with Crippen LogP contribution in [0.4, 0.5) is 0 Å². The fraction of sp³-hybridized carbons (Fsp3) is 0.692. The zero-order valence-corrected chi connectivity index (χ0v) is 9.87. The first kappa shape index (κ1) is 10.2. The van der Waals surface area contributed by atoms with Crippen molar-refractivity contribution in [1.82, 2.24) is 15.3 Å². The Hall–Kier alpha value is -0.960. The first-order valence-electron chi connectivity index (χ1n) is 6.39. The summed E-state index contributed by atoms with van der Waals surface area (Å²) in [6.45, 7) is 0. The van der Waals surface area contributed by atoms with Gasteiger partial charge in [0, 0.05) is 29.9 Å². The van der Waals surface area contributed by atoms with Crippen LogP contribution in [-0.2, 0) is 12.8 Å². The van der Waals surface area contributed by atoms with Gasteiger partial charge in [-0.15, -0.1) is 0 Å². The molecule has 0 radical (unpaired) electrons. The number of hydrogen-bond acceptors (Lipinski definition) is 3. The van der Waals surface area contributed by atoms with Crippen molar-refractivity contribution in [2.45, 2.75) is 44.6 Å². The molecule has 3 rings (SSSR count). The van der Waals surface area contributed by atoms with Crippen molar-refractivity contribution in [3.63, 3.8) is 0 Å². The molecule has 1 heterocycles. The van der Waals surface area contributed by atoms with Crippen molar-refractivity contribution in [2.24, 2.45) is 5.92 Å². The smallest absolute Gasteiger partial charge is 0.128 e. The van der Waals surface area contributed by atoms with E-state index in [1.165, 1.54) is 36.9 Å². The maximum atomic E-state index is 4.74. The highest BCUT2D eigenvalue weighted by Crippen LogP contribution is 2.33. The van der Waals surface area contributed by atoms with Crippen LogP contribution in [0, 0.1) is 5.92 Å². The van der Waals surface area contributed by atoms with Crippen molar-refractivity contribution in [3.8, 4) is 0 Å². The predicted molar refractivity (Wildman–Crippen MR) is 63.2 cm³/mol. The Morgan fingerprint density at radius 2 is 2.25 bits per heavy atom. The van der Waals surface area contributed by atoms with Gasteiger partial charge >= 0.3 is 0 Å². The van der Waals surface area contributed by atoms with E-state index in [-0.39, 0.29) is 0 Å². The predicted octanol–water partition coefficient (Wildman–Crippen LogP) is 2.03. The Bertz CT molecular complexity index is 385. The van der Waals surface area contributed by atoms with E-state index in [1.54, 1.807) is 0 Å². The van der Waals surface area contributed by atoms with Crippen LogP contribution in [0.25, 0.3) is 0 Å². The molecule has 3 heteroatoms. The molecule has 1 unspecified atom stereocenters. The van der Waals surface area contributed by atoms with Gasteiger partial charge in [0.15, 0.2) is 0 Å². The van der Waals surface area contributed by atoms with Gasteiger partial charge in [0.25, 0.3) is 0 Å². The quantitative estimate of drug-likeness (QED) is 0.841. The van der Waals surface area contributed by atoms with E-state index in [4.69, 9.17) is 4.98 Å². The van der Waals surface area contributed by atoms with Crippen LogP contribution in [0.3, 0.4) is 0 Å². The largest absolute Gasteiger partial charge is 0.313 e. The van der Waals surface area contributed by atoms with Crippen LogP contribution in [0.2, 0.25) is 0 Å². The molecule has 0 aromatic carbocycles. The number of aryl methyl sites for hydroxylation is 1. The van der Waals surface area contributed by atoms with Crippen molar-refractivity contribution in [3.05, 3.63) is 23.3 Å².